The average molecular weight is 393 g/mol. The van der Waals surface area contributed by atoms with E-state index in [9.17, 15) is 0 Å². The molecule has 4 nitrogen and oxygen atoms in total. The molecule has 0 radical (unpaired) electrons. The molecule has 0 saturated carbocycles. The molecule has 0 spiro atoms. The Labute approximate surface area is 171 Å². The lowest BCUT2D eigenvalue weighted by Crippen LogP contribution is -2.46. The Morgan fingerprint density at radius 3 is 2.82 bits per heavy atom. The van der Waals surface area contributed by atoms with Gasteiger partial charge in [-0.3, -0.25) is 9.88 Å². The molecular weight excluding hydrogens is 364 g/mol. The molecule has 1 aliphatic rings. The van der Waals surface area contributed by atoms with Crippen LogP contribution < -0.4 is 0 Å². The molecule has 1 unspecified atom stereocenters. The molecule has 0 N–H and O–H groups in total. The molecule has 146 valence electrons. The number of piperidine rings is 1. The van der Waals surface area contributed by atoms with E-state index in [0.717, 1.165) is 31.7 Å². The van der Waals surface area contributed by atoms with Crippen LogP contribution in [0.1, 0.15) is 23.5 Å². The molecule has 1 saturated heterocycles. The SMILES string of the molecule is CN(CCc1ccccn1)C1CCCN(Cc2nc(-c3ccccc3)cs2)C1. The van der Waals surface area contributed by atoms with Gasteiger partial charge in [0.15, 0.2) is 0 Å². The molecule has 0 amide bonds. The van der Waals surface area contributed by atoms with Gasteiger partial charge in [0.2, 0.25) is 0 Å². The first-order valence-electron chi connectivity index (χ1n) is 10.1. The van der Waals surface area contributed by atoms with Gasteiger partial charge < -0.3 is 4.90 Å². The van der Waals surface area contributed by atoms with Gasteiger partial charge in [-0.15, -0.1) is 11.3 Å². The molecule has 3 aromatic rings. The number of thiazole rings is 1. The molecule has 0 aliphatic carbocycles. The van der Waals surface area contributed by atoms with E-state index in [2.05, 4.69) is 69.7 Å². The van der Waals surface area contributed by atoms with Crippen LogP contribution in [0, 0.1) is 0 Å². The van der Waals surface area contributed by atoms with Crippen LogP contribution in [-0.4, -0.2) is 52.5 Å². The number of benzene rings is 1. The highest BCUT2D eigenvalue weighted by molar-refractivity contribution is 7.09. The summed E-state index contributed by atoms with van der Waals surface area (Å²) < 4.78 is 0. The largest absolute Gasteiger partial charge is 0.302 e. The van der Waals surface area contributed by atoms with E-state index in [-0.39, 0.29) is 0 Å². The number of pyridine rings is 1. The highest BCUT2D eigenvalue weighted by Crippen LogP contribution is 2.24. The van der Waals surface area contributed by atoms with E-state index in [1.54, 1.807) is 11.3 Å². The van der Waals surface area contributed by atoms with Gasteiger partial charge in [0.1, 0.15) is 5.01 Å². The summed E-state index contributed by atoms with van der Waals surface area (Å²) in [5, 5.41) is 3.40. The zero-order valence-corrected chi connectivity index (χ0v) is 17.3. The van der Waals surface area contributed by atoms with Crippen molar-refractivity contribution in [3.63, 3.8) is 0 Å². The number of rotatable bonds is 7. The molecule has 1 atom stereocenters. The van der Waals surface area contributed by atoms with Gasteiger partial charge in [-0.25, -0.2) is 4.98 Å². The van der Waals surface area contributed by atoms with Crippen molar-refractivity contribution in [3.8, 4) is 11.3 Å². The number of hydrogen-bond acceptors (Lipinski definition) is 5. The molecule has 3 heterocycles. The number of aromatic nitrogens is 2. The fourth-order valence-corrected chi connectivity index (χ4v) is 4.71. The molecule has 4 rings (SSSR count). The molecule has 28 heavy (non-hydrogen) atoms. The zero-order valence-electron chi connectivity index (χ0n) is 16.5. The van der Waals surface area contributed by atoms with Crippen molar-refractivity contribution in [1.29, 1.82) is 0 Å². The Morgan fingerprint density at radius 2 is 2.00 bits per heavy atom. The van der Waals surface area contributed by atoms with Crippen LogP contribution in [0.4, 0.5) is 0 Å². The lowest BCUT2D eigenvalue weighted by atomic mass is 10.0. The minimum atomic E-state index is 0.617. The Hall–Kier alpha value is -2.08. The number of likely N-dealkylation sites (tertiary alicyclic amines) is 1. The van der Waals surface area contributed by atoms with Gasteiger partial charge in [0, 0.05) is 48.4 Å². The van der Waals surface area contributed by atoms with Gasteiger partial charge in [0.25, 0.3) is 0 Å². The van der Waals surface area contributed by atoms with Crippen molar-refractivity contribution in [1.82, 2.24) is 19.8 Å². The summed E-state index contributed by atoms with van der Waals surface area (Å²) in [6.07, 6.45) is 5.44. The van der Waals surface area contributed by atoms with E-state index < -0.39 is 0 Å². The first kappa shape index (κ1) is 19.2. The third kappa shape index (κ3) is 5.04. The normalized spacial score (nSPS) is 17.9. The second-order valence-electron chi connectivity index (χ2n) is 7.58. The Kier molecular flexibility index (Phi) is 6.47. The van der Waals surface area contributed by atoms with Crippen LogP contribution in [0.3, 0.4) is 0 Å². The third-order valence-corrected chi connectivity index (χ3v) is 6.36. The lowest BCUT2D eigenvalue weighted by molar-refractivity contribution is 0.112. The van der Waals surface area contributed by atoms with Gasteiger partial charge >= 0.3 is 0 Å². The van der Waals surface area contributed by atoms with Crippen LogP contribution in [0.2, 0.25) is 0 Å². The third-order valence-electron chi connectivity index (χ3n) is 5.53. The zero-order chi connectivity index (χ0) is 19.2. The molecular formula is C23H28N4S. The summed E-state index contributed by atoms with van der Waals surface area (Å²) in [5.41, 5.74) is 3.48. The fraction of sp³-hybridized carbons (Fsp3) is 0.391. The highest BCUT2D eigenvalue weighted by atomic mass is 32.1. The van der Waals surface area contributed by atoms with Crippen LogP contribution in [0.5, 0.6) is 0 Å². The smallest absolute Gasteiger partial charge is 0.107 e. The maximum absolute atomic E-state index is 4.88. The fourth-order valence-electron chi connectivity index (χ4n) is 3.87. The minimum absolute atomic E-state index is 0.617. The first-order valence-corrected chi connectivity index (χ1v) is 11.0. The number of likely N-dealkylation sites (N-methyl/N-ethyl adjacent to an activating group) is 1. The monoisotopic (exact) mass is 392 g/mol. The van der Waals surface area contributed by atoms with Gasteiger partial charge in [-0.2, -0.15) is 0 Å². The van der Waals surface area contributed by atoms with E-state index in [1.165, 1.54) is 35.7 Å². The predicted molar refractivity (Wildman–Crippen MR) is 116 cm³/mol. The highest BCUT2D eigenvalue weighted by Gasteiger charge is 2.23. The molecule has 1 fully saturated rings. The Morgan fingerprint density at radius 1 is 1.14 bits per heavy atom. The predicted octanol–water partition coefficient (Wildman–Crippen LogP) is 4.34. The van der Waals surface area contributed by atoms with Crippen LogP contribution in [0.25, 0.3) is 11.3 Å². The topological polar surface area (TPSA) is 32.3 Å². The quantitative estimate of drug-likeness (QED) is 0.599. The maximum Gasteiger partial charge on any atom is 0.107 e. The summed E-state index contributed by atoms with van der Waals surface area (Å²) in [6, 6.07) is 17.2. The van der Waals surface area contributed by atoms with Crippen molar-refractivity contribution in [2.24, 2.45) is 0 Å². The number of nitrogens with zero attached hydrogens (tertiary/aromatic N) is 4. The Balaban J connectivity index is 1.31. The van der Waals surface area contributed by atoms with E-state index >= 15 is 0 Å². The van der Waals surface area contributed by atoms with E-state index in [4.69, 9.17) is 4.98 Å². The van der Waals surface area contributed by atoms with Crippen LogP contribution in [0.15, 0.2) is 60.1 Å². The van der Waals surface area contributed by atoms with E-state index in [1.807, 2.05) is 12.3 Å². The minimum Gasteiger partial charge on any atom is -0.302 e. The summed E-state index contributed by atoms with van der Waals surface area (Å²) in [5.74, 6) is 0. The van der Waals surface area contributed by atoms with Gasteiger partial charge in [-0.1, -0.05) is 36.4 Å². The molecule has 0 bridgehead atoms. The lowest BCUT2D eigenvalue weighted by Gasteiger charge is -2.37. The standard InChI is InChI=1S/C23H28N4S/c1-26(15-12-20-10-5-6-13-24-20)21-11-7-14-27(16-21)17-23-25-22(18-28-23)19-8-3-2-4-9-19/h2-6,8-10,13,18,21H,7,11-12,14-17H2,1H3. The second-order valence-corrected chi connectivity index (χ2v) is 8.52. The Bertz CT molecular complexity index is 849. The number of hydrogen-bond donors (Lipinski definition) is 0. The molecule has 5 heteroatoms. The van der Waals surface area contributed by atoms with Crippen molar-refractivity contribution in [2.75, 3.05) is 26.7 Å². The van der Waals surface area contributed by atoms with Crippen molar-refractivity contribution < 1.29 is 0 Å². The van der Waals surface area contributed by atoms with Crippen molar-refractivity contribution >= 4 is 11.3 Å². The summed E-state index contributed by atoms with van der Waals surface area (Å²) in [7, 11) is 2.26. The maximum atomic E-state index is 4.88. The summed E-state index contributed by atoms with van der Waals surface area (Å²) in [6.45, 7) is 4.32. The van der Waals surface area contributed by atoms with Crippen LogP contribution >= 0.6 is 11.3 Å². The van der Waals surface area contributed by atoms with Gasteiger partial charge in [0.05, 0.1) is 12.2 Å². The van der Waals surface area contributed by atoms with Gasteiger partial charge in [-0.05, 0) is 38.6 Å². The molecule has 2 aromatic heterocycles. The first-order chi connectivity index (χ1) is 13.8. The second kappa shape index (κ2) is 9.41. The summed E-state index contributed by atoms with van der Waals surface area (Å²) >= 11 is 1.78. The molecule has 1 aromatic carbocycles. The average Bonchev–Trinajstić information content (AvgIpc) is 3.22. The molecule has 1 aliphatic heterocycles. The van der Waals surface area contributed by atoms with E-state index in [0.29, 0.717) is 6.04 Å². The van der Waals surface area contributed by atoms with Crippen molar-refractivity contribution in [3.05, 3.63) is 70.8 Å². The van der Waals surface area contributed by atoms with Crippen molar-refractivity contribution in [2.45, 2.75) is 31.8 Å². The summed E-state index contributed by atoms with van der Waals surface area (Å²) in [4.78, 5) is 14.4. The van der Waals surface area contributed by atoms with Crippen LogP contribution in [-0.2, 0) is 13.0 Å².